The molecule has 12 heavy (non-hydrogen) atoms. The van der Waals surface area contributed by atoms with Gasteiger partial charge >= 0.3 is 0 Å². The highest BCUT2D eigenvalue weighted by Gasteiger charge is 2.24. The molecule has 0 atom stereocenters. The first-order chi connectivity index (χ1) is 5.77. The van der Waals surface area contributed by atoms with Gasteiger partial charge in [-0.15, -0.1) is 0 Å². The lowest BCUT2D eigenvalue weighted by Gasteiger charge is -2.06. The van der Waals surface area contributed by atoms with Gasteiger partial charge in [-0.3, -0.25) is 0 Å². The van der Waals surface area contributed by atoms with Gasteiger partial charge in [-0.1, -0.05) is 17.7 Å². The van der Waals surface area contributed by atoms with E-state index in [0.717, 1.165) is 14.3 Å². The summed E-state index contributed by atoms with van der Waals surface area (Å²) in [6, 6.07) is 5.86. The summed E-state index contributed by atoms with van der Waals surface area (Å²) < 4.78 is 6.65. The fourth-order valence-corrected chi connectivity index (χ4v) is 1.58. The molecule has 0 aromatic heterocycles. The SMILES string of the molecule is Clc1c(I)cccc1OC1CC1. The fourth-order valence-electron chi connectivity index (χ4n) is 0.940. The predicted molar refractivity (Wildman–Crippen MR) is 57.8 cm³/mol. The highest BCUT2D eigenvalue weighted by molar-refractivity contribution is 14.1. The van der Waals surface area contributed by atoms with Crippen molar-refractivity contribution in [3.05, 3.63) is 26.8 Å². The maximum atomic E-state index is 6.03. The van der Waals surface area contributed by atoms with Crippen molar-refractivity contribution in [2.75, 3.05) is 0 Å². The quantitative estimate of drug-likeness (QED) is 0.759. The molecule has 0 heterocycles. The van der Waals surface area contributed by atoms with Gasteiger partial charge in [0, 0.05) is 3.57 Å². The number of ether oxygens (including phenoxy) is 1. The van der Waals surface area contributed by atoms with Crippen molar-refractivity contribution in [3.8, 4) is 5.75 Å². The first-order valence-electron chi connectivity index (χ1n) is 3.88. The Morgan fingerprint density at radius 2 is 2.17 bits per heavy atom. The molecule has 1 saturated carbocycles. The average molecular weight is 295 g/mol. The van der Waals surface area contributed by atoms with Crippen LogP contribution in [0.5, 0.6) is 5.75 Å². The number of hydrogen-bond acceptors (Lipinski definition) is 1. The molecule has 1 aliphatic rings. The Hall–Kier alpha value is 0.0400. The molecule has 1 aliphatic carbocycles. The van der Waals surface area contributed by atoms with Crippen molar-refractivity contribution < 1.29 is 4.74 Å². The summed E-state index contributed by atoms with van der Waals surface area (Å²) in [5.74, 6) is 0.825. The summed E-state index contributed by atoms with van der Waals surface area (Å²) in [4.78, 5) is 0. The van der Waals surface area contributed by atoms with Gasteiger partial charge in [0.1, 0.15) is 5.75 Å². The minimum atomic E-state index is 0.417. The van der Waals surface area contributed by atoms with Crippen LogP contribution in [0.4, 0.5) is 0 Å². The van der Waals surface area contributed by atoms with E-state index in [-0.39, 0.29) is 0 Å². The Labute approximate surface area is 90.2 Å². The van der Waals surface area contributed by atoms with Crippen LogP contribution in [0.2, 0.25) is 5.02 Å². The van der Waals surface area contributed by atoms with Crippen LogP contribution in [0.1, 0.15) is 12.8 Å². The lowest BCUT2D eigenvalue weighted by Crippen LogP contribution is -1.96. The molecule has 64 valence electrons. The Morgan fingerprint density at radius 3 is 2.83 bits per heavy atom. The molecule has 0 bridgehead atoms. The third-order valence-electron chi connectivity index (χ3n) is 1.73. The van der Waals surface area contributed by atoms with Gasteiger partial charge in [-0.2, -0.15) is 0 Å². The molecule has 0 aliphatic heterocycles. The van der Waals surface area contributed by atoms with Crippen LogP contribution in [0.15, 0.2) is 18.2 Å². The van der Waals surface area contributed by atoms with E-state index in [9.17, 15) is 0 Å². The number of hydrogen-bond donors (Lipinski definition) is 0. The highest BCUT2D eigenvalue weighted by Crippen LogP contribution is 2.34. The molecule has 0 saturated heterocycles. The van der Waals surface area contributed by atoms with Crippen molar-refractivity contribution in [3.63, 3.8) is 0 Å². The van der Waals surface area contributed by atoms with Crippen molar-refractivity contribution >= 4 is 34.2 Å². The van der Waals surface area contributed by atoms with Crippen LogP contribution >= 0.6 is 34.2 Å². The molecule has 2 rings (SSSR count). The third-order valence-corrected chi connectivity index (χ3v) is 3.34. The molecule has 1 aromatic rings. The summed E-state index contributed by atoms with van der Waals surface area (Å²) in [6.45, 7) is 0. The smallest absolute Gasteiger partial charge is 0.139 e. The highest BCUT2D eigenvalue weighted by atomic mass is 127. The van der Waals surface area contributed by atoms with Gasteiger partial charge in [-0.05, 0) is 47.6 Å². The Bertz CT molecular complexity index is 297. The Morgan fingerprint density at radius 1 is 1.42 bits per heavy atom. The van der Waals surface area contributed by atoms with Crippen LogP contribution in [0.25, 0.3) is 0 Å². The molecular weight excluding hydrogens is 286 g/mol. The second-order valence-corrected chi connectivity index (χ2v) is 4.41. The second-order valence-electron chi connectivity index (χ2n) is 2.87. The zero-order valence-electron chi connectivity index (χ0n) is 6.39. The van der Waals surface area contributed by atoms with E-state index in [1.54, 1.807) is 0 Å². The van der Waals surface area contributed by atoms with Crippen LogP contribution in [0.3, 0.4) is 0 Å². The van der Waals surface area contributed by atoms with Gasteiger partial charge in [0.05, 0.1) is 11.1 Å². The molecule has 1 fully saturated rings. The number of benzene rings is 1. The normalized spacial score (nSPS) is 16.2. The van der Waals surface area contributed by atoms with E-state index in [1.165, 1.54) is 12.8 Å². The number of rotatable bonds is 2. The Balaban J connectivity index is 2.23. The summed E-state index contributed by atoms with van der Waals surface area (Å²) in [5, 5.41) is 0.741. The lowest BCUT2D eigenvalue weighted by molar-refractivity contribution is 0.303. The van der Waals surface area contributed by atoms with Gasteiger partial charge in [-0.25, -0.2) is 0 Å². The first-order valence-corrected chi connectivity index (χ1v) is 5.34. The molecule has 0 N–H and O–H groups in total. The van der Waals surface area contributed by atoms with Crippen molar-refractivity contribution in [2.24, 2.45) is 0 Å². The summed E-state index contributed by atoms with van der Waals surface area (Å²) in [7, 11) is 0. The van der Waals surface area contributed by atoms with Gasteiger partial charge in [0.25, 0.3) is 0 Å². The molecule has 1 aromatic carbocycles. The zero-order chi connectivity index (χ0) is 8.55. The minimum absolute atomic E-state index is 0.417. The largest absolute Gasteiger partial charge is 0.489 e. The maximum absolute atomic E-state index is 6.03. The molecular formula is C9H8ClIO. The predicted octanol–water partition coefficient (Wildman–Crippen LogP) is 3.49. The van der Waals surface area contributed by atoms with E-state index >= 15 is 0 Å². The van der Waals surface area contributed by atoms with E-state index < -0.39 is 0 Å². The summed E-state index contributed by atoms with van der Waals surface area (Å²) in [6.07, 6.45) is 2.75. The monoisotopic (exact) mass is 294 g/mol. The topological polar surface area (TPSA) is 9.23 Å². The molecule has 0 spiro atoms. The van der Waals surface area contributed by atoms with E-state index in [0.29, 0.717) is 6.10 Å². The minimum Gasteiger partial charge on any atom is -0.489 e. The Kier molecular flexibility index (Phi) is 2.46. The first kappa shape index (κ1) is 8.63. The van der Waals surface area contributed by atoms with E-state index in [4.69, 9.17) is 16.3 Å². The number of halogens is 2. The van der Waals surface area contributed by atoms with Crippen LogP contribution < -0.4 is 4.74 Å². The molecule has 3 heteroatoms. The molecule has 0 radical (unpaired) electrons. The van der Waals surface area contributed by atoms with Crippen LogP contribution in [0, 0.1) is 3.57 Å². The second kappa shape index (κ2) is 3.42. The van der Waals surface area contributed by atoms with Crippen molar-refractivity contribution in [1.29, 1.82) is 0 Å². The summed E-state index contributed by atoms with van der Waals surface area (Å²) >= 11 is 8.24. The van der Waals surface area contributed by atoms with Gasteiger partial charge < -0.3 is 4.74 Å². The molecule has 1 nitrogen and oxygen atoms in total. The fraction of sp³-hybridized carbons (Fsp3) is 0.333. The third kappa shape index (κ3) is 1.85. The summed E-state index contributed by atoms with van der Waals surface area (Å²) in [5.41, 5.74) is 0. The molecule has 0 amide bonds. The van der Waals surface area contributed by atoms with Gasteiger partial charge in [0.2, 0.25) is 0 Å². The van der Waals surface area contributed by atoms with Gasteiger partial charge in [0.15, 0.2) is 0 Å². The van der Waals surface area contributed by atoms with Crippen LogP contribution in [-0.2, 0) is 0 Å². The lowest BCUT2D eigenvalue weighted by atomic mass is 10.3. The van der Waals surface area contributed by atoms with E-state index in [2.05, 4.69) is 22.6 Å². The van der Waals surface area contributed by atoms with E-state index in [1.807, 2.05) is 18.2 Å². The van der Waals surface area contributed by atoms with Crippen molar-refractivity contribution in [2.45, 2.75) is 18.9 Å². The maximum Gasteiger partial charge on any atom is 0.139 e. The standard InChI is InChI=1S/C9H8ClIO/c10-9-7(11)2-1-3-8(9)12-6-4-5-6/h1-3,6H,4-5H2. The zero-order valence-corrected chi connectivity index (χ0v) is 9.30. The van der Waals surface area contributed by atoms with Crippen molar-refractivity contribution in [1.82, 2.24) is 0 Å². The average Bonchev–Trinajstić information content (AvgIpc) is 2.83. The molecule has 0 unspecified atom stereocenters. The van der Waals surface area contributed by atoms with Crippen LogP contribution in [-0.4, -0.2) is 6.10 Å².